The number of hydrogen-bond acceptors (Lipinski definition) is 3. The average Bonchev–Trinajstić information content (AvgIpc) is 2.22. The van der Waals surface area contributed by atoms with E-state index in [1.807, 2.05) is 0 Å². The molecule has 0 amide bonds. The van der Waals surface area contributed by atoms with Gasteiger partial charge in [-0.3, -0.25) is 0 Å². The summed E-state index contributed by atoms with van der Waals surface area (Å²) in [5.41, 5.74) is 0. The van der Waals surface area contributed by atoms with Crippen LogP contribution in [0.5, 0.6) is 0 Å². The van der Waals surface area contributed by atoms with Crippen LogP contribution in [0.3, 0.4) is 0 Å². The number of nitrogens with zero attached hydrogens (tertiary/aromatic N) is 1. The van der Waals surface area contributed by atoms with Gasteiger partial charge in [0.25, 0.3) is 0 Å². The number of aliphatic hydroxyl groups excluding tert-OH is 1. The van der Waals surface area contributed by atoms with Crippen molar-refractivity contribution in [3.05, 3.63) is 0 Å². The number of hydrogen-bond donors (Lipinski definition) is 1. The molecule has 1 unspecified atom stereocenters. The molecule has 3 nitrogen and oxygen atoms in total. The Morgan fingerprint density at radius 2 is 2.07 bits per heavy atom. The van der Waals surface area contributed by atoms with Crippen molar-refractivity contribution >= 4 is 0 Å². The molecule has 1 saturated heterocycles. The lowest BCUT2D eigenvalue weighted by molar-refractivity contribution is 0.0763. The van der Waals surface area contributed by atoms with Gasteiger partial charge in [-0.2, -0.15) is 0 Å². The number of piperidine rings is 1. The van der Waals surface area contributed by atoms with Crippen LogP contribution in [0.15, 0.2) is 0 Å². The van der Waals surface area contributed by atoms with E-state index in [0.29, 0.717) is 6.04 Å². The van der Waals surface area contributed by atoms with Crippen molar-refractivity contribution in [2.45, 2.75) is 32.7 Å². The highest BCUT2D eigenvalue weighted by atomic mass is 16.5. The lowest BCUT2D eigenvalue weighted by Gasteiger charge is -2.35. The standard InChI is InChI=1S/C10H21NO.CH4O/c1-9(2)11-6-4-5-10(7-11)8-12-3;1-2/h9-10H,4-8H2,1-3H3;2H,1H3. The Labute approximate surface area is 88.1 Å². The lowest BCUT2D eigenvalue weighted by atomic mass is 9.98. The largest absolute Gasteiger partial charge is 0.400 e. The van der Waals surface area contributed by atoms with E-state index in [0.717, 1.165) is 19.6 Å². The molecule has 0 bridgehead atoms. The number of rotatable bonds is 3. The molecule has 3 heteroatoms. The van der Waals surface area contributed by atoms with Gasteiger partial charge >= 0.3 is 0 Å². The van der Waals surface area contributed by atoms with Crippen molar-refractivity contribution in [3.8, 4) is 0 Å². The summed E-state index contributed by atoms with van der Waals surface area (Å²) in [5.74, 6) is 0.770. The molecule has 0 radical (unpaired) electrons. The van der Waals surface area contributed by atoms with Crippen LogP contribution in [0.1, 0.15) is 26.7 Å². The van der Waals surface area contributed by atoms with Crippen molar-refractivity contribution in [1.29, 1.82) is 0 Å². The van der Waals surface area contributed by atoms with Crippen LogP contribution >= 0.6 is 0 Å². The van der Waals surface area contributed by atoms with Crippen LogP contribution in [0.25, 0.3) is 0 Å². The third-order valence-electron chi connectivity index (χ3n) is 2.68. The summed E-state index contributed by atoms with van der Waals surface area (Å²) in [6, 6.07) is 0.699. The highest BCUT2D eigenvalue weighted by Gasteiger charge is 2.20. The first-order valence-electron chi connectivity index (χ1n) is 5.41. The van der Waals surface area contributed by atoms with Crippen LogP contribution in [0.2, 0.25) is 0 Å². The Kier molecular flexibility index (Phi) is 8.14. The second kappa shape index (κ2) is 8.21. The zero-order valence-corrected chi connectivity index (χ0v) is 9.99. The molecule has 1 heterocycles. The van der Waals surface area contributed by atoms with Gasteiger partial charge in [0, 0.05) is 26.8 Å². The SMILES string of the molecule is CO.COCC1CCCN(C(C)C)C1. The lowest BCUT2D eigenvalue weighted by Crippen LogP contribution is -2.41. The fraction of sp³-hybridized carbons (Fsp3) is 1.00. The van der Waals surface area contributed by atoms with Gasteiger partial charge in [-0.15, -0.1) is 0 Å². The highest BCUT2D eigenvalue weighted by Crippen LogP contribution is 2.18. The van der Waals surface area contributed by atoms with Crippen LogP contribution in [0.4, 0.5) is 0 Å². The van der Waals surface area contributed by atoms with Crippen LogP contribution < -0.4 is 0 Å². The third-order valence-corrected chi connectivity index (χ3v) is 2.68. The van der Waals surface area contributed by atoms with Crippen molar-refractivity contribution in [1.82, 2.24) is 4.90 Å². The summed E-state index contributed by atoms with van der Waals surface area (Å²) in [5, 5.41) is 7.00. The topological polar surface area (TPSA) is 32.7 Å². The minimum absolute atomic E-state index is 0.699. The van der Waals surface area contributed by atoms with Gasteiger partial charge in [-0.05, 0) is 39.2 Å². The molecule has 0 aromatic rings. The summed E-state index contributed by atoms with van der Waals surface area (Å²) in [4.78, 5) is 2.55. The molecular weight excluding hydrogens is 178 g/mol. The van der Waals surface area contributed by atoms with E-state index in [9.17, 15) is 0 Å². The van der Waals surface area contributed by atoms with Crippen LogP contribution in [-0.2, 0) is 4.74 Å². The monoisotopic (exact) mass is 203 g/mol. The third kappa shape index (κ3) is 4.94. The number of aliphatic hydroxyl groups is 1. The number of methoxy groups -OCH3 is 1. The van der Waals surface area contributed by atoms with E-state index in [1.54, 1.807) is 7.11 Å². The zero-order valence-electron chi connectivity index (χ0n) is 9.99. The first kappa shape index (κ1) is 13.9. The molecule has 1 aliphatic heterocycles. The Bertz CT molecular complexity index is 126. The molecule has 0 aromatic heterocycles. The molecule has 1 aliphatic rings. The first-order chi connectivity index (χ1) is 6.74. The van der Waals surface area contributed by atoms with E-state index >= 15 is 0 Å². The van der Waals surface area contributed by atoms with Crippen LogP contribution in [0, 0.1) is 5.92 Å². The second-order valence-corrected chi connectivity index (χ2v) is 4.05. The Balaban J connectivity index is 0.000000791. The van der Waals surface area contributed by atoms with Gasteiger partial charge in [0.2, 0.25) is 0 Å². The van der Waals surface area contributed by atoms with Gasteiger partial charge in [0.05, 0.1) is 6.61 Å². The number of likely N-dealkylation sites (tertiary alicyclic amines) is 1. The van der Waals surface area contributed by atoms with Gasteiger partial charge in [-0.25, -0.2) is 0 Å². The maximum Gasteiger partial charge on any atom is 0.0502 e. The van der Waals surface area contributed by atoms with E-state index in [-0.39, 0.29) is 0 Å². The van der Waals surface area contributed by atoms with E-state index < -0.39 is 0 Å². The number of ether oxygens (including phenoxy) is 1. The van der Waals surface area contributed by atoms with Gasteiger partial charge < -0.3 is 14.7 Å². The molecule has 0 aromatic carbocycles. The molecule has 14 heavy (non-hydrogen) atoms. The van der Waals surface area contributed by atoms with Crippen molar-refractivity contribution < 1.29 is 9.84 Å². The molecular formula is C11H25NO2. The summed E-state index contributed by atoms with van der Waals surface area (Å²) in [7, 11) is 2.80. The Morgan fingerprint density at radius 1 is 1.43 bits per heavy atom. The fourth-order valence-corrected chi connectivity index (χ4v) is 1.94. The summed E-state index contributed by atoms with van der Waals surface area (Å²) < 4.78 is 5.18. The summed E-state index contributed by atoms with van der Waals surface area (Å²) >= 11 is 0. The quantitative estimate of drug-likeness (QED) is 0.752. The minimum atomic E-state index is 0.699. The average molecular weight is 203 g/mol. The predicted octanol–water partition coefficient (Wildman–Crippen LogP) is 1.36. The molecule has 0 spiro atoms. The van der Waals surface area contributed by atoms with E-state index in [1.165, 1.54) is 25.9 Å². The van der Waals surface area contributed by atoms with Crippen molar-refractivity contribution in [2.75, 3.05) is 33.9 Å². The van der Waals surface area contributed by atoms with Gasteiger partial charge in [-0.1, -0.05) is 0 Å². The molecule has 1 rings (SSSR count). The van der Waals surface area contributed by atoms with E-state index in [2.05, 4.69) is 18.7 Å². The minimum Gasteiger partial charge on any atom is -0.400 e. The molecule has 1 N–H and O–H groups in total. The maximum atomic E-state index is 7.00. The normalized spacial score (nSPS) is 23.1. The highest BCUT2D eigenvalue weighted by molar-refractivity contribution is 4.74. The molecule has 1 fully saturated rings. The predicted molar refractivity (Wildman–Crippen MR) is 59.5 cm³/mol. The first-order valence-corrected chi connectivity index (χ1v) is 5.41. The second-order valence-electron chi connectivity index (χ2n) is 4.05. The fourth-order valence-electron chi connectivity index (χ4n) is 1.94. The zero-order chi connectivity index (χ0) is 11.0. The maximum absolute atomic E-state index is 7.00. The smallest absolute Gasteiger partial charge is 0.0502 e. The molecule has 0 saturated carbocycles. The van der Waals surface area contributed by atoms with Gasteiger partial charge in [0.1, 0.15) is 0 Å². The van der Waals surface area contributed by atoms with Gasteiger partial charge in [0.15, 0.2) is 0 Å². The summed E-state index contributed by atoms with van der Waals surface area (Å²) in [6.45, 7) is 7.98. The Morgan fingerprint density at radius 3 is 2.57 bits per heavy atom. The molecule has 1 atom stereocenters. The molecule has 0 aliphatic carbocycles. The van der Waals surface area contributed by atoms with Crippen molar-refractivity contribution in [2.24, 2.45) is 5.92 Å². The molecule has 86 valence electrons. The summed E-state index contributed by atoms with van der Waals surface area (Å²) in [6.07, 6.45) is 2.68. The van der Waals surface area contributed by atoms with Crippen LogP contribution in [-0.4, -0.2) is 50.0 Å². The Hall–Kier alpha value is -0.120. The van der Waals surface area contributed by atoms with E-state index in [4.69, 9.17) is 9.84 Å². The van der Waals surface area contributed by atoms with Crippen molar-refractivity contribution in [3.63, 3.8) is 0 Å².